The van der Waals surface area contributed by atoms with E-state index in [0.29, 0.717) is 23.9 Å². The van der Waals surface area contributed by atoms with Gasteiger partial charge in [-0.1, -0.05) is 37.6 Å². The Morgan fingerprint density at radius 1 is 1.10 bits per heavy atom. The first-order valence-electron chi connectivity index (χ1n) is 10.1. The van der Waals surface area contributed by atoms with Crippen LogP contribution in [0.4, 0.5) is 8.78 Å². The summed E-state index contributed by atoms with van der Waals surface area (Å²) in [5.41, 5.74) is 0.939. The van der Waals surface area contributed by atoms with Crippen molar-refractivity contribution in [2.75, 3.05) is 13.1 Å². The number of nitrogens with one attached hydrogen (secondary N) is 1. The summed E-state index contributed by atoms with van der Waals surface area (Å²) in [5.74, 6) is -2.19. The largest absolute Gasteiger partial charge is 0.349 e. The molecule has 168 valence electrons. The Morgan fingerprint density at radius 2 is 1.71 bits per heavy atom. The van der Waals surface area contributed by atoms with E-state index in [1.165, 1.54) is 0 Å². The van der Waals surface area contributed by atoms with Crippen molar-refractivity contribution in [3.8, 4) is 0 Å². The van der Waals surface area contributed by atoms with Crippen LogP contribution >= 0.6 is 11.6 Å². The minimum atomic E-state index is -4.17. The van der Waals surface area contributed by atoms with Crippen LogP contribution in [0, 0.1) is 23.5 Å². The molecule has 31 heavy (non-hydrogen) atoms. The first kappa shape index (κ1) is 23.6. The van der Waals surface area contributed by atoms with Crippen LogP contribution in [0.2, 0.25) is 5.02 Å². The number of amides is 1. The van der Waals surface area contributed by atoms with Gasteiger partial charge in [-0.2, -0.15) is 4.31 Å². The Hall–Kier alpha value is -2.03. The maximum absolute atomic E-state index is 14.0. The summed E-state index contributed by atoms with van der Waals surface area (Å²) in [6, 6.07) is 9.44. The van der Waals surface area contributed by atoms with Gasteiger partial charge in [-0.3, -0.25) is 4.79 Å². The molecule has 3 rings (SSSR count). The lowest BCUT2D eigenvalue weighted by Crippen LogP contribution is -2.44. The molecule has 1 aliphatic rings. The highest BCUT2D eigenvalue weighted by atomic mass is 35.5. The van der Waals surface area contributed by atoms with E-state index >= 15 is 0 Å². The van der Waals surface area contributed by atoms with E-state index in [0.717, 1.165) is 22.0 Å². The second kappa shape index (κ2) is 9.63. The van der Waals surface area contributed by atoms with Gasteiger partial charge in [0.25, 0.3) is 0 Å². The fourth-order valence-electron chi connectivity index (χ4n) is 3.75. The average molecular weight is 471 g/mol. The quantitative estimate of drug-likeness (QED) is 0.674. The van der Waals surface area contributed by atoms with E-state index in [9.17, 15) is 22.0 Å². The molecule has 0 saturated carbocycles. The number of rotatable bonds is 6. The molecular formula is C22H25ClF2N2O3S. The lowest BCUT2D eigenvalue weighted by Gasteiger charge is -2.32. The molecule has 1 unspecified atom stereocenters. The molecule has 1 N–H and O–H groups in total. The van der Waals surface area contributed by atoms with Gasteiger partial charge in [0.15, 0.2) is 0 Å². The van der Waals surface area contributed by atoms with Crippen LogP contribution in [-0.4, -0.2) is 31.7 Å². The second-order valence-corrected chi connectivity index (χ2v) is 10.4. The van der Waals surface area contributed by atoms with Crippen molar-refractivity contribution >= 4 is 27.5 Å². The highest BCUT2D eigenvalue weighted by Crippen LogP contribution is 2.28. The van der Waals surface area contributed by atoms with E-state index in [1.54, 1.807) is 12.1 Å². The van der Waals surface area contributed by atoms with Crippen LogP contribution in [0.1, 0.15) is 38.3 Å². The van der Waals surface area contributed by atoms with Crippen molar-refractivity contribution in [2.45, 2.75) is 37.6 Å². The molecule has 0 spiro atoms. The number of hydrogen-bond acceptors (Lipinski definition) is 3. The van der Waals surface area contributed by atoms with Gasteiger partial charge < -0.3 is 5.32 Å². The summed E-state index contributed by atoms with van der Waals surface area (Å²) < 4.78 is 54.0. The predicted molar refractivity (Wildman–Crippen MR) is 115 cm³/mol. The molecule has 0 bridgehead atoms. The van der Waals surface area contributed by atoms with E-state index in [2.05, 4.69) is 5.32 Å². The van der Waals surface area contributed by atoms with Gasteiger partial charge >= 0.3 is 0 Å². The van der Waals surface area contributed by atoms with Crippen molar-refractivity contribution < 1.29 is 22.0 Å². The van der Waals surface area contributed by atoms with E-state index in [-0.39, 0.29) is 36.9 Å². The minimum absolute atomic E-state index is 0.0592. The summed E-state index contributed by atoms with van der Waals surface area (Å²) in [7, 11) is -4.17. The number of piperidine rings is 1. The fourth-order valence-corrected chi connectivity index (χ4v) is 5.42. The zero-order valence-corrected chi connectivity index (χ0v) is 18.9. The zero-order chi connectivity index (χ0) is 22.8. The predicted octanol–water partition coefficient (Wildman–Crippen LogP) is 4.53. The van der Waals surface area contributed by atoms with Crippen LogP contribution in [0.3, 0.4) is 0 Å². The summed E-state index contributed by atoms with van der Waals surface area (Å²) in [4.78, 5) is 12.2. The summed E-state index contributed by atoms with van der Waals surface area (Å²) >= 11 is 5.95. The Morgan fingerprint density at radius 3 is 2.29 bits per heavy atom. The topological polar surface area (TPSA) is 66.5 Å². The molecule has 1 amide bonds. The van der Waals surface area contributed by atoms with Gasteiger partial charge in [0.2, 0.25) is 15.9 Å². The molecule has 1 fully saturated rings. The number of sulfonamides is 1. The summed E-state index contributed by atoms with van der Waals surface area (Å²) in [6.45, 7) is 4.12. The Labute approximate surface area is 186 Å². The Bertz CT molecular complexity index is 1040. The van der Waals surface area contributed by atoms with E-state index in [4.69, 9.17) is 11.6 Å². The molecule has 0 radical (unpaired) electrons. The van der Waals surface area contributed by atoms with Crippen molar-refractivity contribution in [3.05, 3.63) is 64.7 Å². The van der Waals surface area contributed by atoms with Crippen LogP contribution in [0.25, 0.3) is 0 Å². The van der Waals surface area contributed by atoms with Crippen LogP contribution in [0.5, 0.6) is 0 Å². The third-order valence-electron chi connectivity index (χ3n) is 5.53. The number of hydrogen-bond donors (Lipinski definition) is 1. The maximum atomic E-state index is 14.0. The number of carbonyl (C=O) groups is 1. The van der Waals surface area contributed by atoms with Gasteiger partial charge in [0.05, 0.1) is 6.04 Å². The Balaban J connectivity index is 1.66. The zero-order valence-electron chi connectivity index (χ0n) is 17.3. The maximum Gasteiger partial charge on any atom is 0.246 e. The molecule has 1 aliphatic heterocycles. The molecule has 2 aromatic carbocycles. The lowest BCUT2D eigenvalue weighted by molar-refractivity contribution is -0.127. The molecule has 2 aromatic rings. The van der Waals surface area contributed by atoms with Crippen molar-refractivity contribution in [1.82, 2.24) is 9.62 Å². The van der Waals surface area contributed by atoms with Gasteiger partial charge in [0.1, 0.15) is 16.5 Å². The number of nitrogens with zero attached hydrogens (tertiary/aromatic N) is 1. The van der Waals surface area contributed by atoms with Gasteiger partial charge in [-0.15, -0.1) is 0 Å². The summed E-state index contributed by atoms with van der Waals surface area (Å²) in [6.07, 6.45) is 0.598. The van der Waals surface area contributed by atoms with Crippen molar-refractivity contribution in [2.24, 2.45) is 11.8 Å². The molecule has 9 heteroatoms. The third kappa shape index (κ3) is 5.42. The highest BCUT2D eigenvalue weighted by molar-refractivity contribution is 7.89. The molecule has 5 nitrogen and oxygen atoms in total. The van der Waals surface area contributed by atoms with Gasteiger partial charge in [-0.25, -0.2) is 17.2 Å². The first-order valence-corrected chi connectivity index (χ1v) is 11.9. The van der Waals surface area contributed by atoms with E-state index < -0.39 is 26.6 Å². The van der Waals surface area contributed by atoms with Crippen LogP contribution in [-0.2, 0) is 14.8 Å². The second-order valence-electron chi connectivity index (χ2n) is 8.03. The van der Waals surface area contributed by atoms with Crippen LogP contribution in [0.15, 0.2) is 47.4 Å². The van der Waals surface area contributed by atoms with Crippen LogP contribution < -0.4 is 5.32 Å². The van der Waals surface area contributed by atoms with E-state index in [1.807, 2.05) is 26.0 Å². The number of carbonyl (C=O) groups excluding carboxylic acids is 1. The SMILES string of the molecule is CC(C)C(NC(=O)C1CCN(S(=O)(=O)c2cc(F)ccc2F)CC1)c1ccc(Cl)cc1. The Kier molecular flexibility index (Phi) is 7.34. The van der Waals surface area contributed by atoms with Crippen molar-refractivity contribution in [3.63, 3.8) is 0 Å². The van der Waals surface area contributed by atoms with Gasteiger partial charge in [0, 0.05) is 24.0 Å². The average Bonchev–Trinajstić information content (AvgIpc) is 2.74. The molecule has 1 saturated heterocycles. The van der Waals surface area contributed by atoms with Crippen molar-refractivity contribution in [1.29, 1.82) is 0 Å². The first-order chi connectivity index (χ1) is 14.6. The minimum Gasteiger partial charge on any atom is -0.349 e. The molecule has 1 atom stereocenters. The highest BCUT2D eigenvalue weighted by Gasteiger charge is 2.34. The number of halogens is 3. The monoisotopic (exact) mass is 470 g/mol. The van der Waals surface area contributed by atoms with Gasteiger partial charge in [-0.05, 0) is 54.7 Å². The molecular weight excluding hydrogens is 446 g/mol. The molecule has 1 heterocycles. The fraction of sp³-hybridized carbons (Fsp3) is 0.409. The summed E-state index contributed by atoms with van der Waals surface area (Å²) in [5, 5.41) is 3.68. The standard InChI is InChI=1S/C22H25ClF2N2O3S/c1-14(2)21(15-3-5-17(23)6-4-15)26-22(28)16-9-11-27(12-10-16)31(29,30)20-13-18(24)7-8-19(20)25/h3-8,13-14,16,21H,9-12H2,1-2H3,(H,26,28). The smallest absolute Gasteiger partial charge is 0.246 e. The molecule has 0 aromatic heterocycles. The lowest BCUT2D eigenvalue weighted by atomic mass is 9.93. The number of benzene rings is 2. The third-order valence-corrected chi connectivity index (χ3v) is 7.69. The normalized spacial score (nSPS) is 17.0. The molecule has 0 aliphatic carbocycles.